The third kappa shape index (κ3) is 4.24. The van der Waals surface area contributed by atoms with Crippen LogP contribution in [0.25, 0.3) is 66.7 Å². The van der Waals surface area contributed by atoms with Gasteiger partial charge in [-0.1, -0.05) is 121 Å². The maximum atomic E-state index is 5.31. The Labute approximate surface area is 306 Å². The Morgan fingerprint density at radius 1 is 0.434 bits per heavy atom. The predicted octanol–water partition coefficient (Wildman–Crippen LogP) is 11.5. The van der Waals surface area contributed by atoms with E-state index in [-0.39, 0.29) is 0 Å². The normalized spacial score (nSPS) is 13.1. The molecule has 3 aromatic heterocycles. The molecule has 11 rings (SSSR count). The quantitative estimate of drug-likeness (QED) is 0.182. The van der Waals surface area contributed by atoms with E-state index < -0.39 is 5.41 Å². The average Bonchev–Trinajstić information content (AvgIpc) is 3.79. The van der Waals surface area contributed by atoms with Crippen molar-refractivity contribution in [1.82, 2.24) is 19.1 Å². The van der Waals surface area contributed by atoms with Gasteiger partial charge in [-0.25, -0.2) is 4.98 Å². The van der Waals surface area contributed by atoms with Crippen LogP contribution in [0.15, 0.2) is 194 Å². The third-order valence-electron chi connectivity index (χ3n) is 11.1. The third-order valence-corrected chi connectivity index (χ3v) is 11.1. The molecule has 0 atom stereocenters. The molecule has 0 saturated heterocycles. The Balaban J connectivity index is 1.23. The number of para-hydroxylation sites is 3. The molecule has 1 aliphatic heterocycles. The molecule has 0 radical (unpaired) electrons. The lowest BCUT2D eigenvalue weighted by atomic mass is 9.63. The minimum absolute atomic E-state index is 0.605. The molecular formula is C49H32N4. The summed E-state index contributed by atoms with van der Waals surface area (Å²) in [5.41, 5.74) is 14.4. The van der Waals surface area contributed by atoms with Gasteiger partial charge in [-0.2, -0.15) is 0 Å². The minimum Gasteiger partial charge on any atom is -0.309 e. The number of hydrogen-bond donors (Lipinski definition) is 0. The molecule has 7 aromatic carbocycles. The Morgan fingerprint density at radius 3 is 1.83 bits per heavy atom. The fourth-order valence-electron chi connectivity index (χ4n) is 8.89. The fourth-order valence-corrected chi connectivity index (χ4v) is 8.89. The first-order chi connectivity index (χ1) is 26.3. The molecule has 1 aliphatic rings. The smallest absolute Gasteiger partial charge is 0.145 e. The van der Waals surface area contributed by atoms with E-state index in [1.54, 1.807) is 0 Å². The number of nitrogens with zero attached hydrogens (tertiary/aromatic N) is 4. The van der Waals surface area contributed by atoms with Gasteiger partial charge in [-0.05, 0) is 94.0 Å². The molecule has 0 N–H and O–H groups in total. The van der Waals surface area contributed by atoms with Crippen LogP contribution in [0.3, 0.4) is 0 Å². The highest BCUT2D eigenvalue weighted by molar-refractivity contribution is 6.10. The summed E-state index contributed by atoms with van der Waals surface area (Å²) in [4.78, 5) is 9.63. The Hall–Kier alpha value is -7.04. The number of benzene rings is 7. The molecule has 0 unspecified atom stereocenters. The largest absolute Gasteiger partial charge is 0.309 e. The molecule has 0 bridgehead atoms. The molecule has 53 heavy (non-hydrogen) atoms. The Morgan fingerprint density at radius 2 is 1.08 bits per heavy atom. The highest BCUT2D eigenvalue weighted by atomic mass is 15.1. The second kappa shape index (κ2) is 11.5. The van der Waals surface area contributed by atoms with Gasteiger partial charge in [0.15, 0.2) is 0 Å². The Bertz CT molecular complexity index is 2940. The fraction of sp³-hybridized carbons (Fsp3) is 0.0204. The standard InChI is InChI=1S/C49H32N4/c1-4-13-36(14-5-1)49(37-15-6-2-7-16-37)41-20-12-21-43-47(41)53(48(51-43)33-27-29-50-30-28-33)46-26-24-35(32-42(46)49)34-23-25-45-40(31-34)39-19-10-11-22-44(39)52(45)38-17-8-3-9-18-38/h1-32H. The second-order valence-electron chi connectivity index (χ2n) is 13.8. The van der Waals surface area contributed by atoms with Gasteiger partial charge < -0.3 is 4.57 Å². The van der Waals surface area contributed by atoms with Gasteiger partial charge in [0.05, 0.1) is 33.2 Å². The van der Waals surface area contributed by atoms with E-state index in [1.165, 1.54) is 55.2 Å². The lowest BCUT2D eigenvalue weighted by Gasteiger charge is -2.41. The number of aromatic nitrogens is 4. The molecule has 4 heteroatoms. The highest BCUT2D eigenvalue weighted by Gasteiger charge is 2.45. The number of pyridine rings is 1. The molecule has 0 fully saturated rings. The maximum Gasteiger partial charge on any atom is 0.145 e. The van der Waals surface area contributed by atoms with Crippen molar-refractivity contribution in [2.24, 2.45) is 0 Å². The zero-order valence-corrected chi connectivity index (χ0v) is 28.8. The van der Waals surface area contributed by atoms with Gasteiger partial charge in [0.25, 0.3) is 0 Å². The van der Waals surface area contributed by atoms with E-state index in [9.17, 15) is 0 Å². The topological polar surface area (TPSA) is 35.6 Å². The summed E-state index contributed by atoms with van der Waals surface area (Å²) < 4.78 is 4.75. The molecule has 0 aliphatic carbocycles. The van der Waals surface area contributed by atoms with Crippen molar-refractivity contribution >= 4 is 32.8 Å². The van der Waals surface area contributed by atoms with Crippen LogP contribution in [0.5, 0.6) is 0 Å². The highest BCUT2D eigenvalue weighted by Crippen LogP contribution is 2.54. The van der Waals surface area contributed by atoms with Crippen LogP contribution >= 0.6 is 0 Å². The molecule has 248 valence electrons. The molecule has 4 heterocycles. The first-order valence-electron chi connectivity index (χ1n) is 18.1. The van der Waals surface area contributed by atoms with Gasteiger partial charge in [0, 0.05) is 34.4 Å². The average molecular weight is 677 g/mol. The van der Waals surface area contributed by atoms with Crippen LogP contribution in [-0.4, -0.2) is 19.1 Å². The Kier molecular flexibility index (Phi) is 6.43. The van der Waals surface area contributed by atoms with Gasteiger partial charge in [0.1, 0.15) is 5.82 Å². The maximum absolute atomic E-state index is 5.31. The van der Waals surface area contributed by atoms with Crippen molar-refractivity contribution in [3.05, 3.63) is 217 Å². The number of rotatable bonds is 5. The summed E-state index contributed by atoms with van der Waals surface area (Å²) in [5, 5.41) is 2.48. The number of fused-ring (bicyclic) bond motifs is 5. The van der Waals surface area contributed by atoms with Gasteiger partial charge in [0.2, 0.25) is 0 Å². The monoisotopic (exact) mass is 676 g/mol. The number of imidazole rings is 1. The first kappa shape index (κ1) is 29.7. The van der Waals surface area contributed by atoms with Crippen LogP contribution in [-0.2, 0) is 5.41 Å². The lowest BCUT2D eigenvalue weighted by Crippen LogP contribution is -2.35. The van der Waals surface area contributed by atoms with Crippen molar-refractivity contribution in [3.8, 4) is 33.9 Å². The van der Waals surface area contributed by atoms with Crippen LogP contribution in [0.4, 0.5) is 0 Å². The molecular weight excluding hydrogens is 645 g/mol. The summed E-state index contributed by atoms with van der Waals surface area (Å²) in [6.07, 6.45) is 3.69. The molecule has 10 aromatic rings. The van der Waals surface area contributed by atoms with Gasteiger partial charge >= 0.3 is 0 Å². The van der Waals surface area contributed by atoms with Crippen molar-refractivity contribution in [3.63, 3.8) is 0 Å². The molecule has 0 spiro atoms. The molecule has 4 nitrogen and oxygen atoms in total. The van der Waals surface area contributed by atoms with E-state index in [0.29, 0.717) is 0 Å². The summed E-state index contributed by atoms with van der Waals surface area (Å²) in [6, 6.07) is 66.0. The summed E-state index contributed by atoms with van der Waals surface area (Å²) in [5.74, 6) is 0.911. The van der Waals surface area contributed by atoms with E-state index >= 15 is 0 Å². The van der Waals surface area contributed by atoms with Crippen molar-refractivity contribution < 1.29 is 0 Å². The van der Waals surface area contributed by atoms with Gasteiger partial charge in [-0.15, -0.1) is 0 Å². The number of hydrogen-bond acceptors (Lipinski definition) is 2. The van der Waals surface area contributed by atoms with E-state index in [4.69, 9.17) is 4.98 Å². The molecule has 0 saturated carbocycles. The van der Waals surface area contributed by atoms with E-state index in [1.807, 2.05) is 12.4 Å². The lowest BCUT2D eigenvalue weighted by molar-refractivity contribution is 0.726. The van der Waals surface area contributed by atoms with E-state index in [0.717, 1.165) is 33.8 Å². The van der Waals surface area contributed by atoms with Crippen LogP contribution < -0.4 is 0 Å². The second-order valence-corrected chi connectivity index (χ2v) is 13.8. The van der Waals surface area contributed by atoms with Gasteiger partial charge in [-0.3, -0.25) is 9.55 Å². The SMILES string of the molecule is c1ccc(-n2c3ccccc3c3cc(-c4ccc5c(c4)C(c4ccccc4)(c4ccccc4)c4cccc6nc(-c7ccncc7)n-5c46)ccc32)cc1. The molecule has 0 amide bonds. The van der Waals surface area contributed by atoms with Crippen LogP contribution in [0.2, 0.25) is 0 Å². The summed E-state index contributed by atoms with van der Waals surface area (Å²) in [7, 11) is 0. The zero-order chi connectivity index (χ0) is 34.9. The zero-order valence-electron chi connectivity index (χ0n) is 28.8. The van der Waals surface area contributed by atoms with Crippen molar-refractivity contribution in [2.45, 2.75) is 5.41 Å². The van der Waals surface area contributed by atoms with Crippen LogP contribution in [0.1, 0.15) is 22.3 Å². The summed E-state index contributed by atoms with van der Waals surface area (Å²) >= 11 is 0. The predicted molar refractivity (Wildman–Crippen MR) is 216 cm³/mol. The summed E-state index contributed by atoms with van der Waals surface area (Å²) in [6.45, 7) is 0. The van der Waals surface area contributed by atoms with Crippen LogP contribution in [0, 0.1) is 0 Å². The minimum atomic E-state index is -0.605. The van der Waals surface area contributed by atoms with Crippen molar-refractivity contribution in [2.75, 3.05) is 0 Å². The van der Waals surface area contributed by atoms with Crippen molar-refractivity contribution in [1.29, 1.82) is 0 Å². The first-order valence-corrected chi connectivity index (χ1v) is 18.1. The van der Waals surface area contributed by atoms with E-state index in [2.05, 4.69) is 196 Å².